The highest BCUT2D eigenvalue weighted by molar-refractivity contribution is 6.07. The predicted octanol–water partition coefficient (Wildman–Crippen LogP) is 0.911. The monoisotopic (exact) mass is 263 g/mol. The zero-order valence-corrected chi connectivity index (χ0v) is 10.3. The summed E-state index contributed by atoms with van der Waals surface area (Å²) in [6.07, 6.45) is 0.299. The van der Waals surface area contributed by atoms with Crippen LogP contribution in [0.1, 0.15) is 16.8 Å². The molecular weight excluding hydrogens is 250 g/mol. The Morgan fingerprint density at radius 2 is 1.95 bits per heavy atom. The molecule has 1 aromatic rings. The summed E-state index contributed by atoms with van der Waals surface area (Å²) in [4.78, 5) is 35.4. The molecule has 100 valence electrons. The van der Waals surface area contributed by atoms with Crippen molar-refractivity contribution < 1.29 is 24.2 Å². The number of benzene rings is 1. The van der Waals surface area contributed by atoms with Gasteiger partial charge in [0.2, 0.25) is 5.91 Å². The predicted molar refractivity (Wildman–Crippen MR) is 65.9 cm³/mol. The van der Waals surface area contributed by atoms with Gasteiger partial charge in [-0.2, -0.15) is 0 Å². The van der Waals surface area contributed by atoms with E-state index in [9.17, 15) is 14.4 Å². The van der Waals surface area contributed by atoms with E-state index in [1.807, 2.05) is 0 Å². The number of amides is 1. The van der Waals surface area contributed by atoms with Crippen LogP contribution < -0.4 is 4.90 Å². The van der Waals surface area contributed by atoms with Gasteiger partial charge in [-0.25, -0.2) is 4.79 Å². The molecule has 1 heterocycles. The topological polar surface area (TPSA) is 83.9 Å². The second-order valence-electron chi connectivity index (χ2n) is 4.21. The Morgan fingerprint density at radius 3 is 2.42 bits per heavy atom. The van der Waals surface area contributed by atoms with E-state index in [1.165, 1.54) is 12.0 Å². The number of esters is 1. The summed E-state index contributed by atoms with van der Waals surface area (Å²) in [7, 11) is 1.29. The molecular formula is C13H13NO5. The maximum absolute atomic E-state index is 11.9. The third-order valence-electron chi connectivity index (χ3n) is 3.10. The van der Waals surface area contributed by atoms with Gasteiger partial charge in [-0.15, -0.1) is 0 Å². The Balaban J connectivity index is 2.18. The van der Waals surface area contributed by atoms with E-state index in [1.54, 1.807) is 24.3 Å². The summed E-state index contributed by atoms with van der Waals surface area (Å²) >= 11 is 0. The smallest absolute Gasteiger partial charge is 0.337 e. The summed E-state index contributed by atoms with van der Waals surface area (Å²) in [6.45, 7) is 0.368. The van der Waals surface area contributed by atoms with Crippen LogP contribution in [0.3, 0.4) is 0 Å². The first-order valence-corrected chi connectivity index (χ1v) is 5.77. The lowest BCUT2D eigenvalue weighted by Crippen LogP contribution is -2.30. The highest BCUT2D eigenvalue weighted by Gasteiger charge is 2.37. The average Bonchev–Trinajstić information content (AvgIpc) is 2.80. The average molecular weight is 263 g/mol. The molecule has 1 amide bonds. The molecule has 0 radical (unpaired) electrons. The van der Waals surface area contributed by atoms with Crippen LogP contribution in [0.5, 0.6) is 0 Å². The van der Waals surface area contributed by atoms with Crippen molar-refractivity contribution in [1.82, 2.24) is 0 Å². The molecule has 0 saturated carbocycles. The van der Waals surface area contributed by atoms with Crippen molar-refractivity contribution in [3.8, 4) is 0 Å². The van der Waals surface area contributed by atoms with Crippen LogP contribution in [0.2, 0.25) is 0 Å². The van der Waals surface area contributed by atoms with Crippen molar-refractivity contribution in [1.29, 1.82) is 0 Å². The zero-order chi connectivity index (χ0) is 14.0. The number of carbonyl (C=O) groups is 3. The lowest BCUT2D eigenvalue weighted by Gasteiger charge is -2.16. The normalized spacial score (nSPS) is 18.5. The van der Waals surface area contributed by atoms with Crippen LogP contribution in [-0.4, -0.2) is 36.6 Å². The van der Waals surface area contributed by atoms with Crippen molar-refractivity contribution in [2.24, 2.45) is 5.92 Å². The Morgan fingerprint density at radius 1 is 1.32 bits per heavy atom. The molecule has 0 bridgehead atoms. The Kier molecular flexibility index (Phi) is 3.50. The Labute approximate surface area is 109 Å². The van der Waals surface area contributed by atoms with Crippen LogP contribution in [0, 0.1) is 5.92 Å². The minimum absolute atomic E-state index is 0.299. The van der Waals surface area contributed by atoms with E-state index in [0.717, 1.165) is 0 Å². The molecule has 2 rings (SSSR count). The van der Waals surface area contributed by atoms with Gasteiger partial charge in [0.25, 0.3) is 0 Å². The maximum Gasteiger partial charge on any atom is 0.337 e. The molecule has 0 spiro atoms. The van der Waals surface area contributed by atoms with Gasteiger partial charge in [0.15, 0.2) is 0 Å². The highest BCUT2D eigenvalue weighted by Crippen LogP contribution is 2.25. The molecule has 0 aromatic heterocycles. The number of carboxylic acids is 1. The molecule has 1 fully saturated rings. The van der Waals surface area contributed by atoms with Gasteiger partial charge in [0.05, 0.1) is 12.7 Å². The number of hydrogen-bond acceptors (Lipinski definition) is 4. The SMILES string of the molecule is COC(=O)c1ccc(N2CCC(C(=O)O)C2=O)cc1. The van der Waals surface area contributed by atoms with Crippen molar-refractivity contribution in [2.75, 3.05) is 18.6 Å². The number of nitrogens with zero attached hydrogens (tertiary/aromatic N) is 1. The molecule has 19 heavy (non-hydrogen) atoms. The lowest BCUT2D eigenvalue weighted by atomic mass is 10.1. The van der Waals surface area contributed by atoms with Gasteiger partial charge in [-0.05, 0) is 30.7 Å². The molecule has 1 aromatic carbocycles. The van der Waals surface area contributed by atoms with E-state index in [4.69, 9.17) is 5.11 Å². The summed E-state index contributed by atoms with van der Waals surface area (Å²) in [6, 6.07) is 6.30. The van der Waals surface area contributed by atoms with Gasteiger partial charge in [0, 0.05) is 12.2 Å². The molecule has 1 unspecified atom stereocenters. The van der Waals surface area contributed by atoms with E-state index < -0.39 is 23.8 Å². The van der Waals surface area contributed by atoms with Gasteiger partial charge in [0.1, 0.15) is 5.92 Å². The van der Waals surface area contributed by atoms with Crippen LogP contribution in [0.25, 0.3) is 0 Å². The molecule has 6 nitrogen and oxygen atoms in total. The summed E-state index contributed by atoms with van der Waals surface area (Å²) in [5.74, 6) is -2.94. The number of methoxy groups -OCH3 is 1. The first-order chi connectivity index (χ1) is 9.04. The van der Waals surface area contributed by atoms with Crippen molar-refractivity contribution in [3.63, 3.8) is 0 Å². The van der Waals surface area contributed by atoms with E-state index in [2.05, 4.69) is 4.74 Å². The number of anilines is 1. The lowest BCUT2D eigenvalue weighted by molar-refractivity contribution is -0.144. The summed E-state index contributed by atoms with van der Waals surface area (Å²) < 4.78 is 4.57. The number of ether oxygens (including phenoxy) is 1. The standard InChI is InChI=1S/C13H13NO5/c1-19-13(18)8-2-4-9(5-3-8)14-7-6-10(11(14)15)12(16)17/h2-5,10H,6-7H2,1H3,(H,16,17). The van der Waals surface area contributed by atoms with Crippen LogP contribution in [0.4, 0.5) is 5.69 Å². The highest BCUT2D eigenvalue weighted by atomic mass is 16.5. The number of hydrogen-bond donors (Lipinski definition) is 1. The van der Waals surface area contributed by atoms with Crippen molar-refractivity contribution >= 4 is 23.5 Å². The molecule has 0 aliphatic carbocycles. The van der Waals surface area contributed by atoms with Crippen LogP contribution >= 0.6 is 0 Å². The molecule has 1 aliphatic heterocycles. The summed E-state index contributed by atoms with van der Waals surface area (Å²) in [5.41, 5.74) is 0.967. The quantitative estimate of drug-likeness (QED) is 0.647. The fourth-order valence-electron chi connectivity index (χ4n) is 2.06. The number of rotatable bonds is 3. The van der Waals surface area contributed by atoms with Gasteiger partial charge in [-0.3, -0.25) is 9.59 Å². The number of carboxylic acid groups (broad SMARTS) is 1. The maximum atomic E-state index is 11.9. The first kappa shape index (κ1) is 13.1. The minimum Gasteiger partial charge on any atom is -0.481 e. The zero-order valence-electron chi connectivity index (χ0n) is 10.3. The molecule has 1 aliphatic rings. The Hall–Kier alpha value is -2.37. The number of carbonyl (C=O) groups excluding carboxylic acids is 2. The summed E-state index contributed by atoms with van der Waals surface area (Å²) in [5, 5.41) is 8.89. The van der Waals surface area contributed by atoms with E-state index in [0.29, 0.717) is 24.2 Å². The van der Waals surface area contributed by atoms with Crippen LogP contribution in [0.15, 0.2) is 24.3 Å². The molecule has 1 N–H and O–H groups in total. The molecule has 1 atom stereocenters. The van der Waals surface area contributed by atoms with E-state index >= 15 is 0 Å². The largest absolute Gasteiger partial charge is 0.481 e. The van der Waals surface area contributed by atoms with Crippen molar-refractivity contribution in [2.45, 2.75) is 6.42 Å². The fraction of sp³-hybridized carbons (Fsp3) is 0.308. The molecule has 6 heteroatoms. The Bertz CT molecular complexity index is 522. The first-order valence-electron chi connectivity index (χ1n) is 5.77. The number of aliphatic carboxylic acids is 1. The third kappa shape index (κ3) is 2.42. The van der Waals surface area contributed by atoms with Gasteiger partial charge >= 0.3 is 11.9 Å². The second-order valence-corrected chi connectivity index (χ2v) is 4.21. The van der Waals surface area contributed by atoms with Gasteiger partial charge in [-0.1, -0.05) is 0 Å². The van der Waals surface area contributed by atoms with Crippen LogP contribution in [-0.2, 0) is 14.3 Å². The fourth-order valence-corrected chi connectivity index (χ4v) is 2.06. The van der Waals surface area contributed by atoms with Crippen molar-refractivity contribution in [3.05, 3.63) is 29.8 Å². The van der Waals surface area contributed by atoms with E-state index in [-0.39, 0.29) is 0 Å². The minimum atomic E-state index is -1.10. The second kappa shape index (κ2) is 5.09. The molecule has 1 saturated heterocycles. The van der Waals surface area contributed by atoms with Gasteiger partial charge < -0.3 is 14.7 Å². The third-order valence-corrected chi connectivity index (χ3v) is 3.10.